The average molecular weight is 535 g/mol. The largest absolute Gasteiger partial charge is 0.354 e. The summed E-state index contributed by atoms with van der Waals surface area (Å²) < 4.78 is 0. The lowest BCUT2D eigenvalue weighted by atomic mass is 10.2. The molecule has 170 valence electrons. The minimum Gasteiger partial charge on any atom is -0.354 e. The van der Waals surface area contributed by atoms with Gasteiger partial charge < -0.3 is 20.4 Å². The smallest absolute Gasteiger partial charge is 0.324 e. The van der Waals surface area contributed by atoms with E-state index in [-0.39, 0.29) is 48.4 Å². The first kappa shape index (κ1) is 24.6. The Labute approximate surface area is 195 Å². The van der Waals surface area contributed by atoms with E-state index >= 15 is 0 Å². The molecule has 0 unspecified atom stereocenters. The standard InChI is InChI=1S/C19H33N7O3.HI/c1-20-18(21-6-9-26-16(27)14-22-19(26)29)25-12-10-23(11-13-25)15-17(28)24-7-4-2-3-5-8-24;/h2-15H2,1H3,(H,20,21)(H,22,29);1H. The highest BCUT2D eigenvalue weighted by Crippen LogP contribution is 2.11. The van der Waals surface area contributed by atoms with Gasteiger partial charge in [0.15, 0.2) is 5.96 Å². The molecule has 3 aliphatic rings. The number of rotatable bonds is 5. The van der Waals surface area contributed by atoms with E-state index in [2.05, 4.69) is 25.4 Å². The molecule has 4 amide bonds. The fourth-order valence-electron chi connectivity index (χ4n) is 4.02. The minimum absolute atomic E-state index is 0. The quantitative estimate of drug-likeness (QED) is 0.218. The molecular formula is C19H34IN7O3. The lowest BCUT2D eigenvalue weighted by Crippen LogP contribution is -2.55. The molecule has 0 aromatic rings. The number of carbonyl (C=O) groups excluding carboxylic acids is 3. The maximum atomic E-state index is 12.6. The summed E-state index contributed by atoms with van der Waals surface area (Å²) in [6.45, 7) is 6.33. The van der Waals surface area contributed by atoms with E-state index in [9.17, 15) is 14.4 Å². The molecule has 0 radical (unpaired) electrons. The van der Waals surface area contributed by atoms with Crippen LogP contribution < -0.4 is 10.6 Å². The molecule has 2 N–H and O–H groups in total. The summed E-state index contributed by atoms with van der Waals surface area (Å²) in [6, 6.07) is -0.338. The van der Waals surface area contributed by atoms with Gasteiger partial charge in [-0.25, -0.2) is 4.79 Å². The monoisotopic (exact) mass is 535 g/mol. The molecule has 0 spiro atoms. The molecule has 30 heavy (non-hydrogen) atoms. The molecule has 3 heterocycles. The number of hydrogen-bond acceptors (Lipinski definition) is 5. The third-order valence-corrected chi connectivity index (χ3v) is 5.76. The van der Waals surface area contributed by atoms with Gasteiger partial charge in [-0.05, 0) is 12.8 Å². The van der Waals surface area contributed by atoms with Gasteiger partial charge in [-0.1, -0.05) is 12.8 Å². The summed E-state index contributed by atoms with van der Waals surface area (Å²) in [7, 11) is 1.73. The van der Waals surface area contributed by atoms with E-state index in [1.165, 1.54) is 17.7 Å². The fraction of sp³-hybridized carbons (Fsp3) is 0.789. The predicted octanol–water partition coefficient (Wildman–Crippen LogP) is -0.248. The second kappa shape index (κ2) is 12.3. The summed E-state index contributed by atoms with van der Waals surface area (Å²) in [5, 5.41) is 5.74. The minimum atomic E-state index is -0.338. The number of guanidine groups is 1. The SMILES string of the molecule is CN=C(NCCN1C(=O)CNC1=O)N1CCN(CC(=O)N2CCCCCC2)CC1.I. The van der Waals surface area contributed by atoms with Gasteiger partial charge in [0.1, 0.15) is 0 Å². The van der Waals surface area contributed by atoms with Crippen molar-refractivity contribution in [2.45, 2.75) is 25.7 Å². The Kier molecular flexibility index (Phi) is 10.1. The number of urea groups is 1. The summed E-state index contributed by atoms with van der Waals surface area (Å²) in [5.41, 5.74) is 0. The van der Waals surface area contributed by atoms with Crippen LogP contribution in [0.15, 0.2) is 4.99 Å². The van der Waals surface area contributed by atoms with Crippen molar-refractivity contribution in [2.75, 3.05) is 72.5 Å². The Morgan fingerprint density at radius 3 is 2.23 bits per heavy atom. The molecule has 11 heteroatoms. The summed E-state index contributed by atoms with van der Waals surface area (Å²) in [5.74, 6) is 0.807. The van der Waals surface area contributed by atoms with Gasteiger partial charge in [-0.3, -0.25) is 24.4 Å². The number of carbonyl (C=O) groups is 3. The van der Waals surface area contributed by atoms with Crippen LogP contribution in [0.1, 0.15) is 25.7 Å². The zero-order valence-electron chi connectivity index (χ0n) is 17.8. The van der Waals surface area contributed by atoms with Crippen LogP contribution in [0.2, 0.25) is 0 Å². The number of aliphatic imine (C=N–C) groups is 1. The molecular weight excluding hydrogens is 501 g/mol. The molecule has 3 rings (SSSR count). The Balaban J connectivity index is 0.00000320. The van der Waals surface area contributed by atoms with Crippen molar-refractivity contribution in [2.24, 2.45) is 4.99 Å². The van der Waals surface area contributed by atoms with Crippen LogP contribution in [0.5, 0.6) is 0 Å². The molecule has 3 fully saturated rings. The number of nitrogens with zero attached hydrogens (tertiary/aromatic N) is 5. The molecule has 0 saturated carbocycles. The second-order valence-electron chi connectivity index (χ2n) is 7.74. The highest BCUT2D eigenvalue weighted by molar-refractivity contribution is 14.0. The average Bonchev–Trinajstić information content (AvgIpc) is 2.93. The second-order valence-corrected chi connectivity index (χ2v) is 7.74. The summed E-state index contributed by atoms with van der Waals surface area (Å²) in [4.78, 5) is 47.7. The van der Waals surface area contributed by atoms with E-state index in [0.29, 0.717) is 19.6 Å². The Hall–Kier alpha value is -1.63. The van der Waals surface area contributed by atoms with Crippen LogP contribution >= 0.6 is 24.0 Å². The first-order valence-electron chi connectivity index (χ1n) is 10.6. The van der Waals surface area contributed by atoms with Gasteiger partial charge >= 0.3 is 6.03 Å². The predicted molar refractivity (Wildman–Crippen MR) is 125 cm³/mol. The van der Waals surface area contributed by atoms with Crippen molar-refractivity contribution < 1.29 is 14.4 Å². The van der Waals surface area contributed by atoms with Crippen molar-refractivity contribution in [3.05, 3.63) is 0 Å². The number of halogens is 1. The van der Waals surface area contributed by atoms with E-state index in [1.807, 2.05) is 4.90 Å². The topological polar surface area (TPSA) is 101 Å². The maximum Gasteiger partial charge on any atom is 0.324 e. The highest BCUT2D eigenvalue weighted by Gasteiger charge is 2.28. The van der Waals surface area contributed by atoms with Crippen molar-refractivity contribution in [3.8, 4) is 0 Å². The molecule has 10 nitrogen and oxygen atoms in total. The zero-order chi connectivity index (χ0) is 20.6. The highest BCUT2D eigenvalue weighted by atomic mass is 127. The lowest BCUT2D eigenvalue weighted by molar-refractivity contribution is -0.132. The number of amides is 4. The number of nitrogens with one attached hydrogen (secondary N) is 2. The molecule has 3 saturated heterocycles. The molecule has 0 aliphatic carbocycles. The van der Waals surface area contributed by atoms with Gasteiger partial charge in [-0.15, -0.1) is 24.0 Å². The van der Waals surface area contributed by atoms with Crippen LogP contribution in [0.3, 0.4) is 0 Å². The van der Waals surface area contributed by atoms with Crippen LogP contribution in [-0.2, 0) is 9.59 Å². The van der Waals surface area contributed by atoms with E-state index < -0.39 is 0 Å². The molecule has 0 aromatic carbocycles. The van der Waals surface area contributed by atoms with Crippen LogP contribution in [0.4, 0.5) is 4.79 Å². The lowest BCUT2D eigenvalue weighted by Gasteiger charge is -2.37. The van der Waals surface area contributed by atoms with Crippen molar-refractivity contribution >= 4 is 47.8 Å². The van der Waals surface area contributed by atoms with Crippen LogP contribution in [0.25, 0.3) is 0 Å². The molecule has 3 aliphatic heterocycles. The van der Waals surface area contributed by atoms with Crippen molar-refractivity contribution in [1.29, 1.82) is 0 Å². The molecule has 0 atom stereocenters. The van der Waals surface area contributed by atoms with Gasteiger partial charge in [0, 0.05) is 59.4 Å². The third kappa shape index (κ3) is 6.69. The van der Waals surface area contributed by atoms with Gasteiger partial charge in [-0.2, -0.15) is 0 Å². The number of piperazine rings is 1. The first-order chi connectivity index (χ1) is 14.1. The third-order valence-electron chi connectivity index (χ3n) is 5.76. The van der Waals surface area contributed by atoms with Crippen LogP contribution in [-0.4, -0.2) is 116 Å². The zero-order valence-corrected chi connectivity index (χ0v) is 20.1. The van der Waals surface area contributed by atoms with E-state index in [4.69, 9.17) is 0 Å². The van der Waals surface area contributed by atoms with Gasteiger partial charge in [0.05, 0.1) is 13.1 Å². The van der Waals surface area contributed by atoms with Crippen molar-refractivity contribution in [1.82, 2.24) is 30.2 Å². The normalized spacial score (nSPS) is 21.2. The Morgan fingerprint density at radius 2 is 1.67 bits per heavy atom. The summed E-state index contributed by atoms with van der Waals surface area (Å²) >= 11 is 0. The van der Waals surface area contributed by atoms with Gasteiger partial charge in [0.25, 0.3) is 0 Å². The maximum absolute atomic E-state index is 12.6. The number of likely N-dealkylation sites (tertiary alicyclic amines) is 1. The first-order valence-corrected chi connectivity index (χ1v) is 10.6. The van der Waals surface area contributed by atoms with Crippen LogP contribution in [0, 0.1) is 0 Å². The number of hydrogen-bond donors (Lipinski definition) is 2. The molecule has 0 aromatic heterocycles. The van der Waals surface area contributed by atoms with Crippen molar-refractivity contribution in [3.63, 3.8) is 0 Å². The van der Waals surface area contributed by atoms with Gasteiger partial charge in [0.2, 0.25) is 11.8 Å². The van der Waals surface area contributed by atoms with E-state index in [1.54, 1.807) is 7.05 Å². The summed E-state index contributed by atoms with van der Waals surface area (Å²) in [6.07, 6.45) is 4.69. The fourth-order valence-corrected chi connectivity index (χ4v) is 4.02. The number of imide groups is 1. The molecule has 0 bridgehead atoms. The van der Waals surface area contributed by atoms with E-state index in [0.717, 1.165) is 58.1 Å². The Morgan fingerprint density at radius 1 is 1.00 bits per heavy atom. The Bertz CT molecular complexity index is 614.